The van der Waals surface area contributed by atoms with Gasteiger partial charge in [0.1, 0.15) is 6.29 Å². The van der Waals surface area contributed by atoms with Crippen molar-refractivity contribution in [1.29, 1.82) is 0 Å². The van der Waals surface area contributed by atoms with Crippen molar-refractivity contribution in [2.24, 2.45) is 0 Å². The van der Waals surface area contributed by atoms with Crippen LogP contribution in [0.4, 0.5) is 0 Å². The third kappa shape index (κ3) is 1.35. The molecule has 0 saturated heterocycles. The minimum atomic E-state index is 0.766. The first-order valence-electron chi connectivity index (χ1n) is 2.99. The van der Waals surface area contributed by atoms with E-state index in [1.807, 2.05) is 13.0 Å². The Kier molecular flexibility index (Phi) is 2.05. The van der Waals surface area contributed by atoms with Crippen LogP contribution in [-0.2, 0) is 4.79 Å². The van der Waals surface area contributed by atoms with Crippen LogP contribution in [0.15, 0.2) is 29.1 Å². The molecule has 0 aliphatic carbocycles. The number of hydrogen-bond donors (Lipinski definition) is 0. The molecular formula is C8H8O2. The SMILES string of the molecule is C/C(=C/C=O)c1ccoc1. The van der Waals surface area contributed by atoms with Gasteiger partial charge in [-0.05, 0) is 24.6 Å². The van der Waals surface area contributed by atoms with E-state index in [0.717, 1.165) is 17.4 Å². The van der Waals surface area contributed by atoms with Crippen molar-refractivity contribution in [3.05, 3.63) is 30.2 Å². The van der Waals surface area contributed by atoms with Crippen LogP contribution in [-0.4, -0.2) is 6.29 Å². The van der Waals surface area contributed by atoms with Gasteiger partial charge in [-0.1, -0.05) is 0 Å². The molecule has 0 bridgehead atoms. The zero-order valence-corrected chi connectivity index (χ0v) is 5.70. The fraction of sp³-hybridized carbons (Fsp3) is 0.125. The maximum Gasteiger partial charge on any atom is 0.143 e. The molecule has 0 spiro atoms. The van der Waals surface area contributed by atoms with Gasteiger partial charge in [0.2, 0.25) is 0 Å². The fourth-order valence-corrected chi connectivity index (χ4v) is 0.687. The molecule has 0 amide bonds. The molecule has 1 heterocycles. The summed E-state index contributed by atoms with van der Waals surface area (Å²) in [6.07, 6.45) is 5.46. The first-order valence-corrected chi connectivity index (χ1v) is 2.99. The summed E-state index contributed by atoms with van der Waals surface area (Å²) in [5, 5.41) is 0. The van der Waals surface area contributed by atoms with Crippen LogP contribution in [0, 0.1) is 0 Å². The van der Waals surface area contributed by atoms with E-state index in [1.165, 1.54) is 6.08 Å². The molecule has 10 heavy (non-hydrogen) atoms. The second-order valence-electron chi connectivity index (χ2n) is 2.00. The van der Waals surface area contributed by atoms with E-state index < -0.39 is 0 Å². The first kappa shape index (κ1) is 6.81. The van der Waals surface area contributed by atoms with Gasteiger partial charge in [0.05, 0.1) is 12.5 Å². The molecule has 0 aromatic carbocycles. The molecular weight excluding hydrogens is 128 g/mol. The second-order valence-corrected chi connectivity index (χ2v) is 2.00. The van der Waals surface area contributed by atoms with E-state index in [-0.39, 0.29) is 0 Å². The molecule has 0 radical (unpaired) electrons. The van der Waals surface area contributed by atoms with E-state index >= 15 is 0 Å². The Balaban J connectivity index is 2.86. The van der Waals surface area contributed by atoms with Gasteiger partial charge >= 0.3 is 0 Å². The molecule has 0 aliphatic heterocycles. The molecule has 1 aromatic rings. The van der Waals surface area contributed by atoms with Gasteiger partial charge in [-0.3, -0.25) is 4.79 Å². The number of furan rings is 1. The Labute approximate surface area is 59.2 Å². The fourth-order valence-electron chi connectivity index (χ4n) is 0.687. The van der Waals surface area contributed by atoms with Crippen molar-refractivity contribution in [3.8, 4) is 0 Å². The Bertz CT molecular complexity index is 232. The minimum absolute atomic E-state index is 0.766. The van der Waals surface area contributed by atoms with E-state index in [4.69, 9.17) is 4.42 Å². The molecule has 1 rings (SSSR count). The molecule has 0 fully saturated rings. The van der Waals surface area contributed by atoms with Crippen molar-refractivity contribution in [2.75, 3.05) is 0 Å². The highest BCUT2D eigenvalue weighted by atomic mass is 16.3. The lowest BCUT2D eigenvalue weighted by atomic mass is 10.1. The Hall–Kier alpha value is -1.31. The van der Waals surface area contributed by atoms with Crippen LogP contribution < -0.4 is 0 Å². The maximum absolute atomic E-state index is 10.0. The Morgan fingerprint density at radius 1 is 1.70 bits per heavy atom. The molecule has 2 nitrogen and oxygen atoms in total. The quantitative estimate of drug-likeness (QED) is 0.459. The van der Waals surface area contributed by atoms with Crippen molar-refractivity contribution in [3.63, 3.8) is 0 Å². The zero-order chi connectivity index (χ0) is 7.40. The van der Waals surface area contributed by atoms with Gasteiger partial charge in [0.25, 0.3) is 0 Å². The lowest BCUT2D eigenvalue weighted by molar-refractivity contribution is -0.104. The van der Waals surface area contributed by atoms with E-state index in [2.05, 4.69) is 0 Å². The maximum atomic E-state index is 10.0. The summed E-state index contributed by atoms with van der Waals surface area (Å²) in [6.45, 7) is 1.86. The smallest absolute Gasteiger partial charge is 0.143 e. The zero-order valence-electron chi connectivity index (χ0n) is 5.70. The lowest BCUT2D eigenvalue weighted by Crippen LogP contribution is -1.73. The topological polar surface area (TPSA) is 30.2 Å². The minimum Gasteiger partial charge on any atom is -0.472 e. The second kappa shape index (κ2) is 3.01. The van der Waals surface area contributed by atoms with Crippen molar-refractivity contribution >= 4 is 11.9 Å². The number of hydrogen-bond acceptors (Lipinski definition) is 2. The predicted molar refractivity (Wildman–Crippen MR) is 38.4 cm³/mol. The summed E-state index contributed by atoms with van der Waals surface area (Å²) in [5.41, 5.74) is 1.87. The molecule has 0 atom stereocenters. The van der Waals surface area contributed by atoms with Gasteiger partial charge in [-0.25, -0.2) is 0 Å². The first-order chi connectivity index (χ1) is 4.84. The lowest BCUT2D eigenvalue weighted by Gasteiger charge is -1.88. The molecule has 0 saturated carbocycles. The van der Waals surface area contributed by atoms with E-state index in [9.17, 15) is 4.79 Å². The van der Waals surface area contributed by atoms with Crippen LogP contribution in [0.3, 0.4) is 0 Å². The van der Waals surface area contributed by atoms with Crippen LogP contribution in [0.5, 0.6) is 0 Å². The average molecular weight is 136 g/mol. The molecule has 0 aliphatic rings. The van der Waals surface area contributed by atoms with Gasteiger partial charge in [-0.15, -0.1) is 0 Å². The highest BCUT2D eigenvalue weighted by Gasteiger charge is 1.93. The summed E-state index contributed by atoms with van der Waals surface area (Å²) in [6, 6.07) is 1.81. The van der Waals surface area contributed by atoms with Crippen LogP contribution in [0.25, 0.3) is 5.57 Å². The Morgan fingerprint density at radius 3 is 3.00 bits per heavy atom. The van der Waals surface area contributed by atoms with Gasteiger partial charge < -0.3 is 4.42 Å². The number of carbonyl (C=O) groups excluding carboxylic acids is 1. The third-order valence-corrected chi connectivity index (χ3v) is 1.29. The number of rotatable bonds is 2. The van der Waals surface area contributed by atoms with E-state index in [1.54, 1.807) is 12.5 Å². The van der Waals surface area contributed by atoms with Gasteiger partial charge in [-0.2, -0.15) is 0 Å². The van der Waals surface area contributed by atoms with Crippen molar-refractivity contribution in [1.82, 2.24) is 0 Å². The van der Waals surface area contributed by atoms with Crippen LogP contribution in [0.2, 0.25) is 0 Å². The highest BCUT2D eigenvalue weighted by molar-refractivity contribution is 5.80. The number of allylic oxidation sites excluding steroid dienone is 2. The summed E-state index contributed by atoms with van der Waals surface area (Å²) in [5.74, 6) is 0. The molecule has 52 valence electrons. The largest absolute Gasteiger partial charge is 0.472 e. The van der Waals surface area contributed by atoms with Gasteiger partial charge in [0, 0.05) is 5.56 Å². The average Bonchev–Trinajstić information content (AvgIpc) is 2.38. The van der Waals surface area contributed by atoms with Gasteiger partial charge in [0.15, 0.2) is 0 Å². The van der Waals surface area contributed by atoms with E-state index in [0.29, 0.717) is 0 Å². The summed E-state index contributed by atoms with van der Waals surface area (Å²) < 4.78 is 4.83. The third-order valence-electron chi connectivity index (χ3n) is 1.29. The summed E-state index contributed by atoms with van der Waals surface area (Å²) in [7, 11) is 0. The number of aldehydes is 1. The highest BCUT2D eigenvalue weighted by Crippen LogP contribution is 2.11. The van der Waals surface area contributed by atoms with Crippen molar-refractivity contribution < 1.29 is 9.21 Å². The summed E-state index contributed by atoms with van der Waals surface area (Å²) in [4.78, 5) is 10.0. The normalized spacial score (nSPS) is 11.5. The molecule has 2 heteroatoms. The molecule has 1 aromatic heterocycles. The molecule has 0 N–H and O–H groups in total. The predicted octanol–water partition coefficient (Wildman–Crippen LogP) is 1.88. The van der Waals surface area contributed by atoms with Crippen molar-refractivity contribution in [2.45, 2.75) is 6.92 Å². The van der Waals surface area contributed by atoms with Crippen LogP contribution >= 0.6 is 0 Å². The summed E-state index contributed by atoms with van der Waals surface area (Å²) >= 11 is 0. The molecule has 0 unspecified atom stereocenters. The number of carbonyl (C=O) groups is 1. The van der Waals surface area contributed by atoms with Crippen LogP contribution in [0.1, 0.15) is 12.5 Å². The standard InChI is InChI=1S/C8H8O2/c1-7(2-4-9)8-3-5-10-6-8/h2-6H,1H3/b7-2-. The Morgan fingerprint density at radius 2 is 2.50 bits per heavy atom. The monoisotopic (exact) mass is 136 g/mol.